The van der Waals surface area contributed by atoms with Crippen molar-refractivity contribution in [3.05, 3.63) is 35.7 Å². The van der Waals surface area contributed by atoms with Crippen molar-refractivity contribution < 1.29 is 13.2 Å². The van der Waals surface area contributed by atoms with Crippen molar-refractivity contribution in [3.8, 4) is 22.9 Å². The number of aryl methyl sites for hydroxylation is 1. The second kappa shape index (κ2) is 5.58. The molecule has 0 fully saturated rings. The Labute approximate surface area is 123 Å². The van der Waals surface area contributed by atoms with Gasteiger partial charge in [0.15, 0.2) is 0 Å². The Balaban J connectivity index is 2.54. The molecule has 6 nitrogen and oxygen atoms in total. The van der Waals surface area contributed by atoms with Crippen molar-refractivity contribution >= 4 is 10.0 Å². The largest absolute Gasteiger partial charge is 0.495 e. The minimum Gasteiger partial charge on any atom is -0.495 e. The number of methoxy groups -OCH3 is 1. The molecule has 21 heavy (non-hydrogen) atoms. The number of hydrogen-bond donors (Lipinski definition) is 0. The van der Waals surface area contributed by atoms with Crippen molar-refractivity contribution in [2.45, 2.75) is 13.8 Å². The van der Waals surface area contributed by atoms with Crippen LogP contribution in [0.1, 0.15) is 18.1 Å². The van der Waals surface area contributed by atoms with Crippen molar-refractivity contribution in [3.63, 3.8) is 0 Å². The van der Waals surface area contributed by atoms with Gasteiger partial charge in [-0.1, -0.05) is 0 Å². The minimum absolute atomic E-state index is 0.0286. The lowest BCUT2D eigenvalue weighted by molar-refractivity contribution is 0.410. The first kappa shape index (κ1) is 15.1. The number of nitriles is 1. The quantitative estimate of drug-likeness (QED) is 0.861. The molecule has 1 aromatic carbocycles. The molecule has 0 radical (unpaired) electrons. The zero-order chi connectivity index (χ0) is 15.6. The van der Waals surface area contributed by atoms with E-state index in [0.717, 1.165) is 15.2 Å². The Hall–Kier alpha value is -2.33. The first-order chi connectivity index (χ1) is 9.92. The van der Waals surface area contributed by atoms with Crippen LogP contribution in [0.4, 0.5) is 0 Å². The van der Waals surface area contributed by atoms with E-state index < -0.39 is 10.0 Å². The molecule has 0 saturated heterocycles. The molecule has 0 N–H and O–H groups in total. The van der Waals surface area contributed by atoms with Crippen LogP contribution in [0.15, 0.2) is 24.5 Å². The molecule has 0 unspecified atom stereocenters. The van der Waals surface area contributed by atoms with Crippen LogP contribution >= 0.6 is 0 Å². The van der Waals surface area contributed by atoms with Crippen LogP contribution in [0.3, 0.4) is 0 Å². The average molecular weight is 305 g/mol. The molecule has 2 rings (SSSR count). The van der Waals surface area contributed by atoms with E-state index in [9.17, 15) is 13.7 Å². The van der Waals surface area contributed by atoms with Gasteiger partial charge in [0.1, 0.15) is 11.8 Å². The fourth-order valence-electron chi connectivity index (χ4n) is 2.03. The SMILES string of the molecule is CCS(=O)(=O)n1cc(-c2cc(C)c(OC)c(C#N)c2)cn1. The molecular formula is C14H15N3O3S. The molecule has 0 spiro atoms. The molecule has 110 valence electrons. The lowest BCUT2D eigenvalue weighted by Crippen LogP contribution is -2.14. The number of rotatable bonds is 4. The number of aromatic nitrogens is 2. The normalized spacial score (nSPS) is 11.1. The first-order valence-corrected chi connectivity index (χ1v) is 7.91. The number of ether oxygens (including phenoxy) is 1. The third-order valence-corrected chi connectivity index (χ3v) is 4.64. The standard InChI is InChI=1S/C14H15N3O3S/c1-4-21(18,19)17-9-13(8-16-17)11-5-10(2)14(20-3)12(6-11)7-15/h5-6,8-9H,4H2,1-3H3. The zero-order valence-corrected chi connectivity index (χ0v) is 12.8. The third kappa shape index (κ3) is 2.76. The zero-order valence-electron chi connectivity index (χ0n) is 12.0. The average Bonchev–Trinajstić information content (AvgIpc) is 2.96. The highest BCUT2D eigenvalue weighted by Crippen LogP contribution is 2.30. The summed E-state index contributed by atoms with van der Waals surface area (Å²) in [6, 6.07) is 5.57. The summed E-state index contributed by atoms with van der Waals surface area (Å²) in [5, 5.41) is 13.0. The molecule has 2 aromatic rings. The summed E-state index contributed by atoms with van der Waals surface area (Å²) in [6.45, 7) is 3.39. The maximum atomic E-state index is 11.8. The van der Waals surface area contributed by atoms with E-state index in [1.54, 1.807) is 13.0 Å². The second-order valence-corrected chi connectivity index (χ2v) is 6.60. The summed E-state index contributed by atoms with van der Waals surface area (Å²) in [7, 11) is -1.90. The molecule has 0 aliphatic carbocycles. The molecule has 0 saturated carbocycles. The Kier molecular flexibility index (Phi) is 4.00. The van der Waals surface area contributed by atoms with Crippen LogP contribution in [-0.2, 0) is 10.0 Å². The van der Waals surface area contributed by atoms with Gasteiger partial charge >= 0.3 is 0 Å². The Morgan fingerprint density at radius 1 is 1.38 bits per heavy atom. The van der Waals surface area contributed by atoms with Gasteiger partial charge in [-0.3, -0.25) is 0 Å². The van der Waals surface area contributed by atoms with E-state index in [0.29, 0.717) is 16.9 Å². The van der Waals surface area contributed by atoms with Gasteiger partial charge in [-0.25, -0.2) is 8.42 Å². The van der Waals surface area contributed by atoms with Gasteiger partial charge in [-0.2, -0.15) is 14.4 Å². The second-order valence-electron chi connectivity index (χ2n) is 4.49. The number of nitrogens with zero attached hydrogens (tertiary/aromatic N) is 3. The minimum atomic E-state index is -3.41. The maximum Gasteiger partial charge on any atom is 0.253 e. The molecule has 0 atom stereocenters. The number of hydrogen-bond acceptors (Lipinski definition) is 5. The monoisotopic (exact) mass is 305 g/mol. The van der Waals surface area contributed by atoms with Gasteiger partial charge < -0.3 is 4.74 Å². The van der Waals surface area contributed by atoms with Crippen LogP contribution < -0.4 is 4.74 Å². The highest BCUT2D eigenvalue weighted by molar-refractivity contribution is 7.89. The van der Waals surface area contributed by atoms with E-state index in [-0.39, 0.29) is 5.75 Å². The van der Waals surface area contributed by atoms with Crippen molar-refractivity contribution in [2.24, 2.45) is 0 Å². The predicted octanol–water partition coefficient (Wildman–Crippen LogP) is 1.94. The molecule has 0 aliphatic heterocycles. The van der Waals surface area contributed by atoms with E-state index in [2.05, 4.69) is 11.2 Å². The van der Waals surface area contributed by atoms with Gasteiger partial charge in [0, 0.05) is 5.56 Å². The van der Waals surface area contributed by atoms with E-state index in [1.807, 2.05) is 13.0 Å². The summed E-state index contributed by atoms with van der Waals surface area (Å²) in [5.41, 5.74) is 2.56. The summed E-state index contributed by atoms with van der Waals surface area (Å²) in [6.07, 6.45) is 2.91. The molecule has 1 aromatic heterocycles. The smallest absolute Gasteiger partial charge is 0.253 e. The van der Waals surface area contributed by atoms with Gasteiger partial charge in [0.05, 0.1) is 30.8 Å². The van der Waals surface area contributed by atoms with Crippen LogP contribution in [-0.4, -0.2) is 30.5 Å². The van der Waals surface area contributed by atoms with Crippen LogP contribution in [0.25, 0.3) is 11.1 Å². The van der Waals surface area contributed by atoms with E-state index in [1.165, 1.54) is 19.5 Å². The molecule has 0 amide bonds. The Bertz CT molecular complexity index is 816. The lowest BCUT2D eigenvalue weighted by atomic mass is 10.0. The van der Waals surface area contributed by atoms with Crippen molar-refractivity contribution in [1.82, 2.24) is 9.19 Å². The predicted molar refractivity (Wildman–Crippen MR) is 78.5 cm³/mol. The van der Waals surface area contributed by atoms with Gasteiger partial charge in [-0.05, 0) is 37.1 Å². The first-order valence-electron chi connectivity index (χ1n) is 6.30. The van der Waals surface area contributed by atoms with Crippen molar-refractivity contribution in [1.29, 1.82) is 5.26 Å². The van der Waals surface area contributed by atoms with Crippen LogP contribution in [0.5, 0.6) is 5.75 Å². The number of benzene rings is 1. The topological polar surface area (TPSA) is 85.0 Å². The van der Waals surface area contributed by atoms with E-state index in [4.69, 9.17) is 4.74 Å². The van der Waals surface area contributed by atoms with E-state index >= 15 is 0 Å². The molecular weight excluding hydrogens is 290 g/mol. The highest BCUT2D eigenvalue weighted by Gasteiger charge is 2.15. The van der Waals surface area contributed by atoms with Crippen molar-refractivity contribution in [2.75, 3.05) is 12.9 Å². The summed E-state index contributed by atoms with van der Waals surface area (Å²) >= 11 is 0. The molecule has 1 heterocycles. The van der Waals surface area contributed by atoms with Crippen LogP contribution in [0.2, 0.25) is 0 Å². The summed E-state index contributed by atoms with van der Waals surface area (Å²) < 4.78 is 29.7. The lowest BCUT2D eigenvalue weighted by Gasteiger charge is -2.08. The summed E-state index contributed by atoms with van der Waals surface area (Å²) in [5.74, 6) is 0.494. The molecule has 0 bridgehead atoms. The van der Waals surface area contributed by atoms with Gasteiger partial charge in [0.2, 0.25) is 0 Å². The highest BCUT2D eigenvalue weighted by atomic mass is 32.2. The summed E-state index contributed by atoms with van der Waals surface area (Å²) in [4.78, 5) is 0. The fraction of sp³-hybridized carbons (Fsp3) is 0.286. The van der Waals surface area contributed by atoms with Crippen LogP contribution in [0, 0.1) is 18.3 Å². The third-order valence-electron chi connectivity index (χ3n) is 3.14. The van der Waals surface area contributed by atoms with Gasteiger partial charge in [-0.15, -0.1) is 0 Å². The van der Waals surface area contributed by atoms with Gasteiger partial charge in [0.25, 0.3) is 10.0 Å². The molecule has 0 aliphatic rings. The Morgan fingerprint density at radius 2 is 2.10 bits per heavy atom. The molecule has 7 heteroatoms. The fourth-order valence-corrected chi connectivity index (χ4v) is 2.76. The maximum absolute atomic E-state index is 11.8. The Morgan fingerprint density at radius 3 is 2.67 bits per heavy atom.